The lowest BCUT2D eigenvalue weighted by molar-refractivity contribution is 0.0689. The number of hydrogen-bond donors (Lipinski definition) is 1. The Morgan fingerprint density at radius 3 is 2.72 bits per heavy atom. The smallest absolute Gasteiger partial charge is 0.352 e. The van der Waals surface area contributed by atoms with Gasteiger partial charge in [0, 0.05) is 30.7 Å². The second kappa shape index (κ2) is 5.90. The number of aryl methyl sites for hydroxylation is 1. The normalized spacial score (nSPS) is 11.1. The van der Waals surface area contributed by atoms with Crippen LogP contribution in [0.1, 0.15) is 21.6 Å². The summed E-state index contributed by atoms with van der Waals surface area (Å²) in [5, 5.41) is 9.42. The molecule has 3 aromatic heterocycles. The lowest BCUT2D eigenvalue weighted by atomic mass is 10.1. The molecule has 25 heavy (non-hydrogen) atoms. The summed E-state index contributed by atoms with van der Waals surface area (Å²) in [7, 11) is 0. The molecule has 4 rings (SSSR count). The summed E-state index contributed by atoms with van der Waals surface area (Å²) in [6, 6.07) is 11.8. The van der Waals surface area contributed by atoms with E-state index in [0.717, 1.165) is 11.3 Å². The van der Waals surface area contributed by atoms with E-state index in [1.54, 1.807) is 29.2 Å². The molecule has 124 valence electrons. The predicted molar refractivity (Wildman–Crippen MR) is 93.7 cm³/mol. The number of pyridine rings is 1. The van der Waals surface area contributed by atoms with Gasteiger partial charge in [-0.1, -0.05) is 29.8 Å². The molecule has 4 aromatic rings. The number of fused-ring (bicyclic) bond motifs is 1. The minimum Gasteiger partial charge on any atom is -0.477 e. The summed E-state index contributed by atoms with van der Waals surface area (Å²) >= 11 is 0. The fourth-order valence-corrected chi connectivity index (χ4v) is 2.84. The van der Waals surface area contributed by atoms with Crippen molar-refractivity contribution in [2.24, 2.45) is 0 Å². The number of nitrogens with zero attached hydrogens (tertiary/aromatic N) is 4. The van der Waals surface area contributed by atoms with Crippen molar-refractivity contribution in [1.82, 2.24) is 18.9 Å². The van der Waals surface area contributed by atoms with Gasteiger partial charge in [-0.3, -0.25) is 4.40 Å². The third-order valence-electron chi connectivity index (χ3n) is 4.14. The molecule has 0 aliphatic rings. The van der Waals surface area contributed by atoms with E-state index in [0.29, 0.717) is 12.2 Å². The molecule has 0 aliphatic carbocycles. The lowest BCUT2D eigenvalue weighted by Gasteiger charge is -2.04. The van der Waals surface area contributed by atoms with Crippen molar-refractivity contribution in [2.45, 2.75) is 13.5 Å². The van der Waals surface area contributed by atoms with Crippen molar-refractivity contribution in [3.63, 3.8) is 0 Å². The topological polar surface area (TPSA) is 72.4 Å². The molecular formula is C19H16N4O2. The van der Waals surface area contributed by atoms with Crippen LogP contribution < -0.4 is 0 Å². The van der Waals surface area contributed by atoms with Gasteiger partial charge in [0.2, 0.25) is 0 Å². The van der Waals surface area contributed by atoms with Gasteiger partial charge in [0.05, 0.1) is 12.0 Å². The molecule has 0 aliphatic heterocycles. The molecule has 6 nitrogen and oxygen atoms in total. The number of hydrogen-bond acceptors (Lipinski definition) is 3. The molecule has 0 atom stereocenters. The van der Waals surface area contributed by atoms with E-state index in [4.69, 9.17) is 0 Å². The summed E-state index contributed by atoms with van der Waals surface area (Å²) in [6.07, 6.45) is 6.89. The summed E-state index contributed by atoms with van der Waals surface area (Å²) in [5.41, 5.74) is 4.62. The zero-order valence-electron chi connectivity index (χ0n) is 13.6. The van der Waals surface area contributed by atoms with Crippen LogP contribution in [0.2, 0.25) is 0 Å². The standard InChI is InChI=1S/C19H16N4O2/c1-13-2-4-14(5-3-13)10-22-11-16(21-12-22)15-8-17(19(24)25)23-7-6-20-18(23)9-15/h2-9,11-12H,10H2,1H3,(H,24,25). The summed E-state index contributed by atoms with van der Waals surface area (Å²) < 4.78 is 3.53. The largest absolute Gasteiger partial charge is 0.477 e. The van der Waals surface area contributed by atoms with E-state index >= 15 is 0 Å². The SMILES string of the molecule is Cc1ccc(Cn2cnc(-c3cc(C(=O)O)n4ccnc4c3)c2)cc1. The number of imidazole rings is 2. The molecular weight excluding hydrogens is 316 g/mol. The molecule has 0 spiro atoms. The van der Waals surface area contributed by atoms with Crippen LogP contribution in [0.3, 0.4) is 0 Å². The van der Waals surface area contributed by atoms with Crippen LogP contribution in [-0.2, 0) is 6.54 Å². The Bertz CT molecular complexity index is 1060. The molecule has 0 saturated carbocycles. The van der Waals surface area contributed by atoms with E-state index in [9.17, 15) is 9.90 Å². The highest BCUT2D eigenvalue weighted by Gasteiger charge is 2.13. The predicted octanol–water partition coefficient (Wildman–Crippen LogP) is 3.25. The molecule has 3 heterocycles. The van der Waals surface area contributed by atoms with Crippen LogP contribution >= 0.6 is 0 Å². The molecule has 1 N–H and O–H groups in total. The fraction of sp³-hybridized carbons (Fsp3) is 0.105. The van der Waals surface area contributed by atoms with Gasteiger partial charge in [0.1, 0.15) is 11.3 Å². The maximum atomic E-state index is 11.5. The number of carboxylic acid groups (broad SMARTS) is 1. The number of benzene rings is 1. The second-order valence-corrected chi connectivity index (χ2v) is 6.01. The minimum atomic E-state index is -0.996. The second-order valence-electron chi connectivity index (χ2n) is 6.01. The zero-order chi connectivity index (χ0) is 17.4. The molecule has 0 radical (unpaired) electrons. The van der Waals surface area contributed by atoms with Crippen LogP contribution in [0, 0.1) is 6.92 Å². The van der Waals surface area contributed by atoms with Gasteiger partial charge in [-0.2, -0.15) is 0 Å². The highest BCUT2D eigenvalue weighted by molar-refractivity contribution is 5.88. The average molecular weight is 332 g/mol. The van der Waals surface area contributed by atoms with Crippen LogP contribution in [0.25, 0.3) is 16.9 Å². The minimum absolute atomic E-state index is 0.165. The monoisotopic (exact) mass is 332 g/mol. The number of carboxylic acids is 1. The molecule has 1 aromatic carbocycles. The van der Waals surface area contributed by atoms with Crippen molar-refractivity contribution in [1.29, 1.82) is 0 Å². The fourth-order valence-electron chi connectivity index (χ4n) is 2.84. The van der Waals surface area contributed by atoms with Crippen LogP contribution in [0.15, 0.2) is 61.3 Å². The van der Waals surface area contributed by atoms with E-state index < -0.39 is 5.97 Å². The van der Waals surface area contributed by atoms with Gasteiger partial charge in [-0.05, 0) is 24.6 Å². The van der Waals surface area contributed by atoms with Gasteiger partial charge >= 0.3 is 5.97 Å². The Balaban J connectivity index is 1.68. The van der Waals surface area contributed by atoms with Crippen molar-refractivity contribution in [3.8, 4) is 11.3 Å². The summed E-state index contributed by atoms with van der Waals surface area (Å²) in [5.74, 6) is -0.996. The van der Waals surface area contributed by atoms with E-state index in [-0.39, 0.29) is 5.69 Å². The van der Waals surface area contributed by atoms with Crippen molar-refractivity contribution < 1.29 is 9.90 Å². The number of aromatic carboxylic acids is 1. The van der Waals surface area contributed by atoms with Gasteiger partial charge in [0.15, 0.2) is 0 Å². The quantitative estimate of drug-likeness (QED) is 0.622. The summed E-state index contributed by atoms with van der Waals surface area (Å²) in [6.45, 7) is 2.77. The van der Waals surface area contributed by atoms with Crippen LogP contribution in [0.4, 0.5) is 0 Å². The first-order valence-electron chi connectivity index (χ1n) is 7.88. The van der Waals surface area contributed by atoms with E-state index in [1.807, 2.05) is 16.8 Å². The van der Waals surface area contributed by atoms with Gasteiger partial charge < -0.3 is 9.67 Å². The third kappa shape index (κ3) is 2.89. The number of rotatable bonds is 4. The Morgan fingerprint density at radius 1 is 1.16 bits per heavy atom. The van der Waals surface area contributed by atoms with Crippen molar-refractivity contribution in [3.05, 3.63) is 78.1 Å². The molecule has 0 saturated heterocycles. The maximum Gasteiger partial charge on any atom is 0.352 e. The maximum absolute atomic E-state index is 11.5. The molecule has 0 unspecified atom stereocenters. The highest BCUT2D eigenvalue weighted by atomic mass is 16.4. The number of aromatic nitrogens is 4. The average Bonchev–Trinajstić information content (AvgIpc) is 3.25. The molecule has 0 amide bonds. The third-order valence-corrected chi connectivity index (χ3v) is 4.14. The van der Waals surface area contributed by atoms with Crippen molar-refractivity contribution >= 4 is 11.6 Å². The molecule has 0 bridgehead atoms. The van der Waals surface area contributed by atoms with Crippen LogP contribution in [-0.4, -0.2) is 30.0 Å². The Labute approximate surface area is 144 Å². The molecule has 0 fully saturated rings. The summed E-state index contributed by atoms with van der Waals surface area (Å²) in [4.78, 5) is 20.1. The van der Waals surface area contributed by atoms with Gasteiger partial charge in [0.25, 0.3) is 0 Å². The highest BCUT2D eigenvalue weighted by Crippen LogP contribution is 2.21. The first kappa shape index (κ1) is 15.1. The zero-order valence-corrected chi connectivity index (χ0v) is 13.6. The van der Waals surface area contributed by atoms with Gasteiger partial charge in [-0.15, -0.1) is 0 Å². The Hall–Kier alpha value is -3.41. The lowest BCUT2D eigenvalue weighted by Crippen LogP contribution is -2.04. The van der Waals surface area contributed by atoms with E-state index in [2.05, 4.69) is 41.2 Å². The Morgan fingerprint density at radius 2 is 1.96 bits per heavy atom. The van der Waals surface area contributed by atoms with Crippen molar-refractivity contribution in [2.75, 3.05) is 0 Å². The Kier molecular flexibility index (Phi) is 3.57. The van der Waals surface area contributed by atoms with E-state index in [1.165, 1.54) is 11.1 Å². The first-order valence-corrected chi connectivity index (χ1v) is 7.88. The molecule has 6 heteroatoms. The number of carbonyl (C=O) groups is 1. The first-order chi connectivity index (χ1) is 12.1. The van der Waals surface area contributed by atoms with Gasteiger partial charge in [-0.25, -0.2) is 14.8 Å². The van der Waals surface area contributed by atoms with Crippen LogP contribution in [0.5, 0.6) is 0 Å².